The summed E-state index contributed by atoms with van der Waals surface area (Å²) in [6, 6.07) is 0. The molecule has 0 aliphatic heterocycles. The van der Waals surface area contributed by atoms with Gasteiger partial charge in [-0.05, 0) is 27.9 Å². The van der Waals surface area contributed by atoms with E-state index in [-0.39, 0.29) is 13.0 Å². The fraction of sp³-hybridized carbons (Fsp3) is 0.727. The lowest BCUT2D eigenvalue weighted by molar-refractivity contribution is -0.176. The Morgan fingerprint density at radius 2 is 1.72 bits per heavy atom. The van der Waals surface area contributed by atoms with Gasteiger partial charge in [-0.2, -0.15) is 0 Å². The number of carbonyl (C=O) groups excluding carboxylic acids is 2. The molecule has 0 atom stereocenters. The summed E-state index contributed by atoms with van der Waals surface area (Å²) in [6.07, 6.45) is -0.350. The Kier molecular flexibility index (Phi) is 6.32. The predicted molar refractivity (Wildman–Crippen MR) is 61.6 cm³/mol. The highest BCUT2D eigenvalue weighted by atomic mass is 16.7. The van der Waals surface area contributed by atoms with E-state index < -0.39 is 30.1 Å². The Bertz CT molecular complexity index is 323. The summed E-state index contributed by atoms with van der Waals surface area (Å²) < 4.78 is 9.35. The SMILES string of the molecule is CN(C)CC(=O)OCOC(=O)C(C)(C)CC(=O)O. The number of hydrogen-bond donors (Lipinski definition) is 1. The molecule has 104 valence electrons. The molecule has 0 aliphatic carbocycles. The summed E-state index contributed by atoms with van der Waals surface area (Å²) in [4.78, 5) is 34.8. The zero-order valence-corrected chi connectivity index (χ0v) is 11.1. The molecule has 7 nitrogen and oxygen atoms in total. The molecule has 0 saturated carbocycles. The lowest BCUT2D eigenvalue weighted by Gasteiger charge is -2.20. The standard InChI is InChI=1S/C11H19NO6/c1-11(2,5-8(13)14)10(16)18-7-17-9(15)6-12(3)4/h5-7H2,1-4H3,(H,13,14). The molecular weight excluding hydrogens is 242 g/mol. The molecule has 0 aromatic carbocycles. The van der Waals surface area contributed by atoms with Crippen molar-refractivity contribution in [1.29, 1.82) is 0 Å². The number of carboxylic acids is 1. The molecule has 0 aromatic heterocycles. The van der Waals surface area contributed by atoms with Gasteiger partial charge in [-0.15, -0.1) is 0 Å². The highest BCUT2D eigenvalue weighted by Gasteiger charge is 2.32. The van der Waals surface area contributed by atoms with E-state index >= 15 is 0 Å². The number of likely N-dealkylation sites (N-methyl/N-ethyl adjacent to an activating group) is 1. The third-order valence-corrected chi connectivity index (χ3v) is 2.00. The molecule has 7 heteroatoms. The molecule has 0 rings (SSSR count). The van der Waals surface area contributed by atoms with Crippen molar-refractivity contribution in [3.63, 3.8) is 0 Å². The van der Waals surface area contributed by atoms with Gasteiger partial charge in [0.2, 0.25) is 6.79 Å². The van der Waals surface area contributed by atoms with Gasteiger partial charge in [0.05, 0.1) is 18.4 Å². The van der Waals surface area contributed by atoms with Gasteiger partial charge in [-0.1, -0.05) is 0 Å². The number of ether oxygens (including phenoxy) is 2. The number of rotatable bonds is 7. The van der Waals surface area contributed by atoms with Crippen molar-refractivity contribution in [2.75, 3.05) is 27.4 Å². The van der Waals surface area contributed by atoms with Crippen LogP contribution in [0.4, 0.5) is 0 Å². The topological polar surface area (TPSA) is 93.1 Å². The van der Waals surface area contributed by atoms with Crippen LogP contribution in [0.15, 0.2) is 0 Å². The Balaban J connectivity index is 4.03. The summed E-state index contributed by atoms with van der Waals surface area (Å²) in [7, 11) is 3.40. The largest absolute Gasteiger partial charge is 0.481 e. The molecule has 0 bridgehead atoms. The van der Waals surface area contributed by atoms with E-state index in [1.807, 2.05) is 0 Å². The average molecular weight is 261 g/mol. The van der Waals surface area contributed by atoms with Crippen LogP contribution in [0, 0.1) is 5.41 Å². The van der Waals surface area contributed by atoms with Crippen molar-refractivity contribution in [1.82, 2.24) is 4.90 Å². The first-order valence-corrected chi connectivity index (χ1v) is 5.34. The molecule has 0 aromatic rings. The van der Waals surface area contributed by atoms with E-state index in [1.54, 1.807) is 19.0 Å². The summed E-state index contributed by atoms with van der Waals surface area (Å²) in [5.74, 6) is -2.34. The highest BCUT2D eigenvalue weighted by molar-refractivity contribution is 5.82. The number of hydrogen-bond acceptors (Lipinski definition) is 6. The van der Waals surface area contributed by atoms with Crippen molar-refractivity contribution in [3.8, 4) is 0 Å². The zero-order chi connectivity index (χ0) is 14.3. The van der Waals surface area contributed by atoms with E-state index in [0.717, 1.165) is 0 Å². The first kappa shape index (κ1) is 16.4. The maximum atomic E-state index is 11.5. The van der Waals surface area contributed by atoms with E-state index in [0.29, 0.717) is 0 Å². The van der Waals surface area contributed by atoms with E-state index in [2.05, 4.69) is 4.74 Å². The molecular formula is C11H19NO6. The van der Waals surface area contributed by atoms with Gasteiger partial charge in [0.1, 0.15) is 0 Å². The van der Waals surface area contributed by atoms with Gasteiger partial charge in [0.25, 0.3) is 0 Å². The average Bonchev–Trinajstić information content (AvgIpc) is 2.13. The maximum Gasteiger partial charge on any atom is 0.322 e. The van der Waals surface area contributed by atoms with Crippen molar-refractivity contribution < 1.29 is 29.0 Å². The first-order chi connectivity index (χ1) is 8.15. The molecule has 1 N–H and O–H groups in total. The normalized spacial score (nSPS) is 11.2. The van der Waals surface area contributed by atoms with Crippen LogP contribution in [-0.4, -0.2) is 55.3 Å². The number of carboxylic acid groups (broad SMARTS) is 1. The molecule has 0 saturated heterocycles. The summed E-state index contributed by atoms with van der Waals surface area (Å²) in [5, 5.41) is 8.61. The van der Waals surface area contributed by atoms with Crippen LogP contribution in [0.1, 0.15) is 20.3 Å². The lowest BCUT2D eigenvalue weighted by atomic mass is 9.90. The van der Waals surface area contributed by atoms with Crippen molar-refractivity contribution in [2.24, 2.45) is 5.41 Å². The third kappa shape index (κ3) is 6.85. The van der Waals surface area contributed by atoms with Crippen LogP contribution in [0.5, 0.6) is 0 Å². The zero-order valence-electron chi connectivity index (χ0n) is 11.1. The Hall–Kier alpha value is -1.63. The molecule has 0 radical (unpaired) electrons. The monoisotopic (exact) mass is 261 g/mol. The Labute approximate surface area is 106 Å². The van der Waals surface area contributed by atoms with Crippen LogP contribution in [0.25, 0.3) is 0 Å². The second kappa shape index (κ2) is 6.95. The van der Waals surface area contributed by atoms with Crippen molar-refractivity contribution >= 4 is 17.9 Å². The number of aliphatic carboxylic acids is 1. The van der Waals surface area contributed by atoms with Gasteiger partial charge in [0.15, 0.2) is 0 Å². The quantitative estimate of drug-likeness (QED) is 0.513. The highest BCUT2D eigenvalue weighted by Crippen LogP contribution is 2.22. The summed E-state index contributed by atoms with van der Waals surface area (Å²) >= 11 is 0. The summed E-state index contributed by atoms with van der Waals surface area (Å²) in [5.41, 5.74) is -1.15. The summed E-state index contributed by atoms with van der Waals surface area (Å²) in [6.45, 7) is 2.47. The number of nitrogens with zero attached hydrogens (tertiary/aromatic N) is 1. The number of esters is 2. The van der Waals surface area contributed by atoms with Crippen molar-refractivity contribution in [3.05, 3.63) is 0 Å². The van der Waals surface area contributed by atoms with Crippen LogP contribution >= 0.6 is 0 Å². The van der Waals surface area contributed by atoms with E-state index in [1.165, 1.54) is 13.8 Å². The second-order valence-electron chi connectivity index (χ2n) is 4.76. The minimum absolute atomic E-state index is 0.0794. The molecule has 0 heterocycles. The first-order valence-electron chi connectivity index (χ1n) is 5.34. The second-order valence-corrected chi connectivity index (χ2v) is 4.76. The maximum absolute atomic E-state index is 11.5. The molecule has 0 spiro atoms. The Morgan fingerprint density at radius 1 is 1.17 bits per heavy atom. The van der Waals surface area contributed by atoms with Gasteiger partial charge in [0, 0.05) is 0 Å². The molecule has 18 heavy (non-hydrogen) atoms. The van der Waals surface area contributed by atoms with E-state index in [9.17, 15) is 14.4 Å². The molecule has 0 fully saturated rings. The molecule has 0 aliphatic rings. The predicted octanol–water partition coefficient (Wildman–Crippen LogP) is 0.0928. The minimum Gasteiger partial charge on any atom is -0.481 e. The van der Waals surface area contributed by atoms with Crippen LogP contribution < -0.4 is 0 Å². The minimum atomic E-state index is -1.15. The van der Waals surface area contributed by atoms with Crippen LogP contribution in [0.2, 0.25) is 0 Å². The molecule has 0 amide bonds. The lowest BCUT2D eigenvalue weighted by Crippen LogP contribution is -2.31. The van der Waals surface area contributed by atoms with Gasteiger partial charge < -0.3 is 14.6 Å². The van der Waals surface area contributed by atoms with Gasteiger partial charge >= 0.3 is 17.9 Å². The smallest absolute Gasteiger partial charge is 0.322 e. The molecule has 0 unspecified atom stereocenters. The van der Waals surface area contributed by atoms with E-state index in [4.69, 9.17) is 9.84 Å². The number of carbonyl (C=O) groups is 3. The fourth-order valence-electron chi connectivity index (χ4n) is 1.10. The van der Waals surface area contributed by atoms with Crippen LogP contribution in [0.3, 0.4) is 0 Å². The Morgan fingerprint density at radius 3 is 2.17 bits per heavy atom. The van der Waals surface area contributed by atoms with Gasteiger partial charge in [-0.25, -0.2) is 0 Å². The van der Waals surface area contributed by atoms with Gasteiger partial charge in [-0.3, -0.25) is 19.3 Å². The fourth-order valence-corrected chi connectivity index (χ4v) is 1.10. The van der Waals surface area contributed by atoms with Crippen LogP contribution in [-0.2, 0) is 23.9 Å². The third-order valence-electron chi connectivity index (χ3n) is 2.00. The van der Waals surface area contributed by atoms with Crippen molar-refractivity contribution in [2.45, 2.75) is 20.3 Å².